The molecule has 0 fully saturated rings. The van der Waals surface area contributed by atoms with Crippen molar-refractivity contribution in [1.29, 1.82) is 0 Å². The highest BCUT2D eigenvalue weighted by Gasteiger charge is 2.09. The topological polar surface area (TPSA) is 80.5 Å². The summed E-state index contributed by atoms with van der Waals surface area (Å²) in [5, 5.41) is 0. The molecule has 0 bridgehead atoms. The van der Waals surface area contributed by atoms with Crippen LogP contribution in [0.25, 0.3) is 0 Å². The molecule has 0 heterocycles. The molecule has 18 heavy (non-hydrogen) atoms. The molecule has 0 aromatic heterocycles. The van der Waals surface area contributed by atoms with Crippen LogP contribution in [0.4, 0.5) is 11.4 Å². The number of sulfone groups is 1. The van der Waals surface area contributed by atoms with Crippen LogP contribution in [0.15, 0.2) is 18.2 Å². The molecular weight excluding hydrogens is 252 g/mol. The van der Waals surface area contributed by atoms with Gasteiger partial charge < -0.3 is 10.6 Å². The minimum atomic E-state index is -2.99. The zero-order chi connectivity index (χ0) is 13.9. The first kappa shape index (κ1) is 14.5. The van der Waals surface area contributed by atoms with Gasteiger partial charge in [-0.25, -0.2) is 8.42 Å². The summed E-state index contributed by atoms with van der Waals surface area (Å²) in [4.78, 5) is 13.0. The van der Waals surface area contributed by atoms with Crippen molar-refractivity contribution in [1.82, 2.24) is 0 Å². The Morgan fingerprint density at radius 2 is 2.00 bits per heavy atom. The van der Waals surface area contributed by atoms with Crippen molar-refractivity contribution in [3.8, 4) is 0 Å². The summed E-state index contributed by atoms with van der Waals surface area (Å²) >= 11 is 0. The number of hydrogen-bond acceptors (Lipinski definition) is 5. The molecule has 0 unspecified atom stereocenters. The van der Waals surface area contributed by atoms with Gasteiger partial charge in [0, 0.05) is 36.8 Å². The molecule has 5 nitrogen and oxygen atoms in total. The standard InChI is InChI=1S/C12H18N2O3S/c1-9(15)11-5-4-10(8-12(11)13)14(2)6-7-18(3,16)17/h4-5,8H,6-7,13H2,1-3H3. The lowest BCUT2D eigenvalue weighted by atomic mass is 10.1. The summed E-state index contributed by atoms with van der Waals surface area (Å²) in [6, 6.07) is 5.10. The van der Waals surface area contributed by atoms with Crippen LogP contribution in [0.5, 0.6) is 0 Å². The quantitative estimate of drug-likeness (QED) is 0.636. The van der Waals surface area contributed by atoms with Gasteiger partial charge >= 0.3 is 0 Å². The third-order valence-electron chi connectivity index (χ3n) is 2.65. The molecule has 0 aliphatic rings. The molecule has 1 rings (SSSR count). The van der Waals surface area contributed by atoms with E-state index in [9.17, 15) is 13.2 Å². The maximum atomic E-state index is 11.2. The number of rotatable bonds is 5. The second-order valence-corrected chi connectivity index (χ2v) is 6.64. The Labute approximate surface area is 108 Å². The zero-order valence-corrected chi connectivity index (χ0v) is 11.6. The van der Waals surface area contributed by atoms with Gasteiger partial charge in [-0.2, -0.15) is 0 Å². The molecule has 1 aromatic rings. The van der Waals surface area contributed by atoms with Gasteiger partial charge in [-0.15, -0.1) is 0 Å². The molecule has 0 amide bonds. The highest BCUT2D eigenvalue weighted by Crippen LogP contribution is 2.21. The predicted molar refractivity (Wildman–Crippen MR) is 73.8 cm³/mol. The van der Waals surface area contributed by atoms with Crippen LogP contribution in [0.1, 0.15) is 17.3 Å². The minimum absolute atomic E-state index is 0.0812. The van der Waals surface area contributed by atoms with E-state index in [1.54, 1.807) is 30.1 Å². The average molecular weight is 270 g/mol. The van der Waals surface area contributed by atoms with Crippen LogP contribution < -0.4 is 10.6 Å². The molecule has 0 saturated heterocycles. The molecule has 0 saturated carbocycles. The lowest BCUT2D eigenvalue weighted by molar-refractivity contribution is 0.101. The maximum Gasteiger partial charge on any atom is 0.161 e. The maximum absolute atomic E-state index is 11.2. The fourth-order valence-corrected chi connectivity index (χ4v) is 2.15. The summed E-state index contributed by atoms with van der Waals surface area (Å²) in [5.41, 5.74) is 7.46. The molecule has 1 aromatic carbocycles. The molecule has 2 N–H and O–H groups in total. The third kappa shape index (κ3) is 4.03. The van der Waals surface area contributed by atoms with Crippen molar-refractivity contribution >= 4 is 27.0 Å². The molecule has 0 atom stereocenters. The first-order chi connectivity index (χ1) is 8.20. The number of anilines is 2. The van der Waals surface area contributed by atoms with Crippen LogP contribution in [0.3, 0.4) is 0 Å². The fraction of sp³-hybridized carbons (Fsp3) is 0.417. The number of nitrogens with zero attached hydrogens (tertiary/aromatic N) is 1. The Bertz CT molecular complexity index is 552. The minimum Gasteiger partial charge on any atom is -0.398 e. The first-order valence-electron chi connectivity index (χ1n) is 5.50. The van der Waals surface area contributed by atoms with Crippen LogP contribution in [0.2, 0.25) is 0 Å². The van der Waals surface area contributed by atoms with Gasteiger partial charge in [0.05, 0.1) is 5.75 Å². The second-order valence-electron chi connectivity index (χ2n) is 4.38. The van der Waals surface area contributed by atoms with Crippen molar-refractivity contribution < 1.29 is 13.2 Å². The summed E-state index contributed by atoms with van der Waals surface area (Å²) in [5.74, 6) is -0.00412. The molecule has 6 heteroatoms. The summed E-state index contributed by atoms with van der Waals surface area (Å²) in [7, 11) is -1.20. The Hall–Kier alpha value is -1.56. The highest BCUT2D eigenvalue weighted by molar-refractivity contribution is 7.90. The van der Waals surface area contributed by atoms with E-state index >= 15 is 0 Å². The molecule has 0 spiro atoms. The van der Waals surface area contributed by atoms with E-state index in [0.29, 0.717) is 17.8 Å². The van der Waals surface area contributed by atoms with Gasteiger partial charge in [0.2, 0.25) is 0 Å². The van der Waals surface area contributed by atoms with Gasteiger partial charge in [-0.1, -0.05) is 0 Å². The largest absolute Gasteiger partial charge is 0.398 e. The molecule has 0 aliphatic carbocycles. The summed E-state index contributed by atoms with van der Waals surface area (Å²) in [6.45, 7) is 1.84. The van der Waals surface area contributed by atoms with Gasteiger partial charge in [0.15, 0.2) is 5.78 Å². The van der Waals surface area contributed by atoms with Crippen molar-refractivity contribution in [2.24, 2.45) is 0 Å². The van der Waals surface area contributed by atoms with Crippen LogP contribution in [-0.2, 0) is 9.84 Å². The van der Waals surface area contributed by atoms with Gasteiger partial charge in [-0.3, -0.25) is 4.79 Å². The van der Waals surface area contributed by atoms with E-state index in [2.05, 4.69) is 0 Å². The number of ketones is 1. The molecule has 0 aliphatic heterocycles. The number of hydrogen-bond donors (Lipinski definition) is 1. The second kappa shape index (κ2) is 5.39. The fourth-order valence-electron chi connectivity index (χ4n) is 1.54. The van der Waals surface area contributed by atoms with E-state index in [1.807, 2.05) is 0 Å². The van der Waals surface area contributed by atoms with Crippen LogP contribution >= 0.6 is 0 Å². The van der Waals surface area contributed by atoms with Gasteiger partial charge in [0.1, 0.15) is 9.84 Å². The van der Waals surface area contributed by atoms with Crippen molar-refractivity contribution in [2.45, 2.75) is 6.92 Å². The summed E-state index contributed by atoms with van der Waals surface area (Å²) < 4.78 is 22.2. The number of carbonyl (C=O) groups is 1. The number of carbonyl (C=O) groups excluding carboxylic acids is 1. The monoisotopic (exact) mass is 270 g/mol. The van der Waals surface area contributed by atoms with Gasteiger partial charge in [-0.05, 0) is 25.1 Å². The SMILES string of the molecule is CC(=O)c1ccc(N(C)CCS(C)(=O)=O)cc1N. The first-order valence-corrected chi connectivity index (χ1v) is 7.56. The lowest BCUT2D eigenvalue weighted by Crippen LogP contribution is -2.25. The molecule has 0 radical (unpaired) electrons. The summed E-state index contributed by atoms with van der Waals surface area (Å²) in [6.07, 6.45) is 1.20. The number of Topliss-reactive ketones (excluding diaryl/α,β-unsaturated/α-hetero) is 1. The average Bonchev–Trinajstić information content (AvgIpc) is 2.24. The normalized spacial score (nSPS) is 11.3. The Morgan fingerprint density at radius 1 is 1.39 bits per heavy atom. The van der Waals surface area contributed by atoms with E-state index in [1.165, 1.54) is 13.2 Å². The van der Waals surface area contributed by atoms with E-state index in [0.717, 1.165) is 5.69 Å². The predicted octanol–water partition coefficient (Wildman–Crippen LogP) is 0.952. The lowest BCUT2D eigenvalue weighted by Gasteiger charge is -2.19. The number of benzene rings is 1. The number of nitrogens with two attached hydrogens (primary N) is 1. The smallest absolute Gasteiger partial charge is 0.161 e. The van der Waals surface area contributed by atoms with Crippen molar-refractivity contribution in [2.75, 3.05) is 36.2 Å². The molecule has 100 valence electrons. The van der Waals surface area contributed by atoms with Crippen molar-refractivity contribution in [3.05, 3.63) is 23.8 Å². The molecular formula is C12H18N2O3S. The number of nitrogen functional groups attached to an aromatic ring is 1. The zero-order valence-electron chi connectivity index (χ0n) is 10.8. The van der Waals surface area contributed by atoms with E-state index in [-0.39, 0.29) is 11.5 Å². The van der Waals surface area contributed by atoms with Crippen molar-refractivity contribution in [3.63, 3.8) is 0 Å². The Balaban J connectivity index is 2.85. The van der Waals surface area contributed by atoms with Crippen LogP contribution in [0, 0.1) is 0 Å². The Morgan fingerprint density at radius 3 is 2.44 bits per heavy atom. The van der Waals surface area contributed by atoms with Crippen LogP contribution in [-0.4, -0.2) is 39.8 Å². The highest BCUT2D eigenvalue weighted by atomic mass is 32.2. The third-order valence-corrected chi connectivity index (χ3v) is 3.58. The Kier molecular flexibility index (Phi) is 4.34. The van der Waals surface area contributed by atoms with E-state index in [4.69, 9.17) is 5.73 Å². The van der Waals surface area contributed by atoms with E-state index < -0.39 is 9.84 Å². The van der Waals surface area contributed by atoms with Gasteiger partial charge in [0.25, 0.3) is 0 Å².